The van der Waals surface area contributed by atoms with Crippen LogP contribution < -0.4 is 0 Å². The summed E-state index contributed by atoms with van der Waals surface area (Å²) in [5.41, 5.74) is -0.785. The SMILES string of the molecule is CN1C(=O)O[C@@H]2CO[C@@H]3C[C@@](CO)(CO[Si](C)(C)C(C)(C)C)O[C@@H]3[C@@H]21. The van der Waals surface area contributed by atoms with Gasteiger partial charge >= 0.3 is 6.09 Å². The third-order valence-electron chi connectivity index (χ3n) is 6.30. The van der Waals surface area contributed by atoms with Gasteiger partial charge in [-0.3, -0.25) is 0 Å². The number of nitrogens with zero attached hydrogens (tertiary/aromatic N) is 1. The minimum Gasteiger partial charge on any atom is -0.441 e. The normalized spacial score (nSPS) is 38.5. The molecule has 25 heavy (non-hydrogen) atoms. The highest BCUT2D eigenvalue weighted by Crippen LogP contribution is 2.43. The minimum atomic E-state index is -1.96. The summed E-state index contributed by atoms with van der Waals surface area (Å²) in [6.45, 7) is 11.5. The maximum absolute atomic E-state index is 11.9. The molecule has 0 aromatic carbocycles. The summed E-state index contributed by atoms with van der Waals surface area (Å²) in [7, 11) is -0.231. The number of amides is 1. The van der Waals surface area contributed by atoms with Crippen LogP contribution in [-0.2, 0) is 18.6 Å². The molecule has 3 aliphatic rings. The Kier molecular flexibility index (Phi) is 4.73. The third kappa shape index (κ3) is 3.23. The van der Waals surface area contributed by atoms with E-state index in [4.69, 9.17) is 18.6 Å². The smallest absolute Gasteiger partial charge is 0.410 e. The van der Waals surface area contributed by atoms with Crippen LogP contribution in [0.4, 0.5) is 4.79 Å². The van der Waals surface area contributed by atoms with Crippen molar-refractivity contribution in [1.82, 2.24) is 4.90 Å². The Morgan fingerprint density at radius 1 is 1.36 bits per heavy atom. The molecule has 3 aliphatic heterocycles. The topological polar surface area (TPSA) is 77.5 Å². The second-order valence-electron chi connectivity index (χ2n) is 9.07. The van der Waals surface area contributed by atoms with Crippen LogP contribution in [0.3, 0.4) is 0 Å². The van der Waals surface area contributed by atoms with Crippen LogP contribution in [0.5, 0.6) is 0 Å². The third-order valence-corrected chi connectivity index (χ3v) is 10.8. The Labute approximate surface area is 150 Å². The molecule has 3 rings (SSSR count). The van der Waals surface area contributed by atoms with Gasteiger partial charge in [-0.2, -0.15) is 0 Å². The molecule has 1 amide bonds. The number of carbonyl (C=O) groups is 1. The minimum absolute atomic E-state index is 0.0858. The molecule has 1 N–H and O–H groups in total. The first-order valence-electron chi connectivity index (χ1n) is 8.97. The Morgan fingerprint density at radius 3 is 2.64 bits per heavy atom. The van der Waals surface area contributed by atoms with Crippen molar-refractivity contribution in [3.8, 4) is 0 Å². The Bertz CT molecular complexity index is 536. The summed E-state index contributed by atoms with van der Waals surface area (Å²) in [5.74, 6) is 0. The van der Waals surface area contributed by atoms with Gasteiger partial charge in [-0.25, -0.2) is 4.79 Å². The molecule has 7 nitrogen and oxygen atoms in total. The van der Waals surface area contributed by atoms with Gasteiger partial charge < -0.3 is 28.6 Å². The number of rotatable bonds is 4. The van der Waals surface area contributed by atoms with Crippen molar-refractivity contribution in [2.75, 3.05) is 26.9 Å². The van der Waals surface area contributed by atoms with Gasteiger partial charge in [0, 0.05) is 13.5 Å². The zero-order valence-electron chi connectivity index (χ0n) is 16.1. The predicted octanol–water partition coefficient (Wildman–Crippen LogP) is 1.75. The summed E-state index contributed by atoms with van der Waals surface area (Å²) in [4.78, 5) is 13.4. The van der Waals surface area contributed by atoms with E-state index in [1.165, 1.54) is 0 Å². The van der Waals surface area contributed by atoms with Crippen molar-refractivity contribution in [3.05, 3.63) is 0 Å². The van der Waals surface area contributed by atoms with Crippen LogP contribution in [-0.4, -0.2) is 81.2 Å². The molecular formula is C17H31NO6Si. The zero-order chi connectivity index (χ0) is 18.6. The highest BCUT2D eigenvalue weighted by molar-refractivity contribution is 6.74. The predicted molar refractivity (Wildman–Crippen MR) is 94.0 cm³/mol. The van der Waals surface area contributed by atoms with E-state index in [9.17, 15) is 9.90 Å². The van der Waals surface area contributed by atoms with Crippen molar-refractivity contribution in [1.29, 1.82) is 0 Å². The van der Waals surface area contributed by atoms with Gasteiger partial charge in [0.15, 0.2) is 8.32 Å². The summed E-state index contributed by atoms with van der Waals surface area (Å²) >= 11 is 0. The molecular weight excluding hydrogens is 342 g/mol. The van der Waals surface area contributed by atoms with E-state index in [1.807, 2.05) is 0 Å². The van der Waals surface area contributed by atoms with Crippen LogP contribution in [0.25, 0.3) is 0 Å². The van der Waals surface area contributed by atoms with E-state index in [0.29, 0.717) is 19.6 Å². The molecule has 5 atom stereocenters. The summed E-state index contributed by atoms with van der Waals surface area (Å²) in [6, 6.07) is -0.174. The van der Waals surface area contributed by atoms with E-state index in [2.05, 4.69) is 33.9 Å². The number of fused-ring (bicyclic) bond motifs is 3. The highest BCUT2D eigenvalue weighted by Gasteiger charge is 2.59. The monoisotopic (exact) mass is 373 g/mol. The van der Waals surface area contributed by atoms with Gasteiger partial charge in [-0.15, -0.1) is 0 Å². The van der Waals surface area contributed by atoms with Gasteiger partial charge in [0.1, 0.15) is 23.9 Å². The van der Waals surface area contributed by atoms with Crippen molar-refractivity contribution < 1.29 is 28.5 Å². The van der Waals surface area contributed by atoms with Gasteiger partial charge in [0.25, 0.3) is 0 Å². The number of carbonyl (C=O) groups excluding carboxylic acids is 1. The van der Waals surface area contributed by atoms with Gasteiger partial charge in [0.05, 0.1) is 25.9 Å². The summed E-state index contributed by atoms with van der Waals surface area (Å²) in [5, 5.41) is 10.2. The first-order chi connectivity index (χ1) is 11.5. The number of ether oxygens (including phenoxy) is 3. The Morgan fingerprint density at radius 2 is 2.04 bits per heavy atom. The second kappa shape index (κ2) is 6.19. The molecule has 3 saturated heterocycles. The quantitative estimate of drug-likeness (QED) is 0.757. The molecule has 3 heterocycles. The molecule has 0 spiro atoms. The Hall–Kier alpha value is -0.673. The van der Waals surface area contributed by atoms with E-state index in [0.717, 1.165) is 0 Å². The fourth-order valence-corrected chi connectivity index (χ4v) is 4.60. The van der Waals surface area contributed by atoms with E-state index in [-0.39, 0.29) is 42.1 Å². The average Bonchev–Trinajstić information content (AvgIpc) is 3.03. The maximum atomic E-state index is 11.9. The first-order valence-corrected chi connectivity index (χ1v) is 11.9. The average molecular weight is 374 g/mol. The Balaban J connectivity index is 1.73. The fourth-order valence-electron chi connectivity index (χ4n) is 3.54. The lowest BCUT2D eigenvalue weighted by molar-refractivity contribution is -0.149. The molecule has 0 saturated carbocycles. The van der Waals surface area contributed by atoms with Crippen molar-refractivity contribution >= 4 is 14.4 Å². The lowest BCUT2D eigenvalue weighted by Gasteiger charge is -2.39. The van der Waals surface area contributed by atoms with E-state index >= 15 is 0 Å². The van der Waals surface area contributed by atoms with Crippen molar-refractivity contribution in [2.45, 2.75) is 75.3 Å². The van der Waals surface area contributed by atoms with Crippen molar-refractivity contribution in [3.63, 3.8) is 0 Å². The largest absolute Gasteiger partial charge is 0.441 e. The fraction of sp³-hybridized carbons (Fsp3) is 0.941. The summed E-state index contributed by atoms with van der Waals surface area (Å²) in [6.07, 6.45) is -0.552. The van der Waals surface area contributed by atoms with Crippen LogP contribution in [0.15, 0.2) is 0 Å². The number of aliphatic hydroxyl groups is 1. The molecule has 0 aliphatic carbocycles. The number of aliphatic hydroxyl groups excluding tert-OH is 1. The van der Waals surface area contributed by atoms with Gasteiger partial charge in [-0.05, 0) is 18.1 Å². The lowest BCUT2D eigenvalue weighted by atomic mass is 9.94. The first kappa shape index (κ1) is 19.1. The maximum Gasteiger partial charge on any atom is 0.410 e. The number of hydrogen-bond donors (Lipinski definition) is 1. The van der Waals surface area contributed by atoms with E-state index in [1.54, 1.807) is 11.9 Å². The molecule has 144 valence electrons. The van der Waals surface area contributed by atoms with E-state index < -0.39 is 13.9 Å². The standard InChI is InChI=1S/C17H31NO6Si/c1-16(2,3)25(5,6)22-10-17(9-19)7-11-14(24-17)13-12(8-21-11)23-15(20)18(13)4/h11-14,19H,7-10H2,1-6H3/t11-,12-,13-,14+,17-/m1/s1. The van der Waals surface area contributed by atoms with Gasteiger partial charge in [0.2, 0.25) is 0 Å². The molecule has 0 aromatic rings. The van der Waals surface area contributed by atoms with Crippen LogP contribution in [0.2, 0.25) is 18.1 Å². The van der Waals surface area contributed by atoms with Crippen LogP contribution in [0, 0.1) is 0 Å². The van der Waals surface area contributed by atoms with Gasteiger partial charge in [-0.1, -0.05) is 20.8 Å². The second-order valence-corrected chi connectivity index (χ2v) is 13.9. The number of hydrogen-bond acceptors (Lipinski definition) is 6. The molecule has 0 bridgehead atoms. The summed E-state index contributed by atoms with van der Waals surface area (Å²) < 4.78 is 23.8. The lowest BCUT2D eigenvalue weighted by Crippen LogP contribution is -2.54. The van der Waals surface area contributed by atoms with Crippen LogP contribution >= 0.6 is 0 Å². The highest BCUT2D eigenvalue weighted by atomic mass is 28.4. The van der Waals surface area contributed by atoms with Crippen molar-refractivity contribution in [2.24, 2.45) is 0 Å². The number of likely N-dealkylation sites (N-methyl/N-ethyl adjacent to an activating group) is 1. The molecule has 0 aromatic heterocycles. The molecule has 3 fully saturated rings. The molecule has 0 unspecified atom stereocenters. The molecule has 8 heteroatoms. The molecule has 0 radical (unpaired) electrons. The van der Waals surface area contributed by atoms with Crippen LogP contribution in [0.1, 0.15) is 27.2 Å². The zero-order valence-corrected chi connectivity index (χ0v) is 17.1.